The first-order valence-electron chi connectivity index (χ1n) is 4.98. The van der Waals surface area contributed by atoms with Crippen molar-refractivity contribution < 1.29 is 8.23 Å². The van der Waals surface area contributed by atoms with Gasteiger partial charge in [0, 0.05) is 0 Å². The monoisotopic (exact) mass is 222 g/mol. The van der Waals surface area contributed by atoms with Gasteiger partial charge in [0.15, 0.2) is 0 Å². The molecule has 5 heteroatoms. The highest BCUT2D eigenvalue weighted by Gasteiger charge is 1.90. The Hall–Kier alpha value is 0.571. The van der Waals surface area contributed by atoms with E-state index in [2.05, 4.69) is 6.92 Å². The van der Waals surface area contributed by atoms with Crippen LogP contribution in [0.3, 0.4) is 0 Å². The molecule has 0 aliphatic heterocycles. The zero-order chi connectivity index (χ0) is 9.07. The van der Waals surface area contributed by atoms with Crippen molar-refractivity contribution in [2.75, 3.05) is 0 Å². The minimum atomic E-state index is -0.499. The van der Waals surface area contributed by atoms with Gasteiger partial charge in [-0.25, -0.2) is 0 Å². The predicted octanol–water partition coefficient (Wildman–Crippen LogP) is -0.229. The molecule has 0 saturated carbocycles. The summed E-state index contributed by atoms with van der Waals surface area (Å²) in [4.78, 5) is 0. The minimum absolute atomic E-state index is 0.175. The quantitative estimate of drug-likeness (QED) is 0.396. The summed E-state index contributed by atoms with van der Waals surface area (Å²) in [6, 6.07) is 1.36. The van der Waals surface area contributed by atoms with Crippen molar-refractivity contribution >= 4 is 30.3 Å². The van der Waals surface area contributed by atoms with Crippen molar-refractivity contribution in [2.24, 2.45) is 0 Å². The van der Waals surface area contributed by atoms with E-state index in [9.17, 15) is 0 Å². The Morgan fingerprint density at radius 1 is 1.17 bits per heavy atom. The lowest BCUT2D eigenvalue weighted by Gasteiger charge is -2.01. The SMILES string of the molecule is CCCCCCC[SiH2]O[SiH2]O[SiH3]. The second-order valence-electron chi connectivity index (χ2n) is 3.08. The summed E-state index contributed by atoms with van der Waals surface area (Å²) in [5, 5.41) is 0. The Balaban J connectivity index is 2.73. The molecule has 0 radical (unpaired) electrons. The standard InChI is InChI=1S/C7H22O2Si3/c1-2-3-4-5-6-7-11-9-12-8-10/h2-7,11-12H2,1,10H3. The summed E-state index contributed by atoms with van der Waals surface area (Å²) in [6.07, 6.45) is 6.96. The van der Waals surface area contributed by atoms with Crippen molar-refractivity contribution in [1.29, 1.82) is 0 Å². The Kier molecular flexibility index (Phi) is 12.1. The molecule has 0 heterocycles. The van der Waals surface area contributed by atoms with Crippen molar-refractivity contribution in [2.45, 2.75) is 45.1 Å². The molecule has 74 valence electrons. The number of hydrogen-bond acceptors (Lipinski definition) is 2. The normalized spacial score (nSPS) is 12.8. The molecule has 0 fully saturated rings. The first kappa shape index (κ1) is 12.6. The maximum atomic E-state index is 5.48. The zero-order valence-corrected chi connectivity index (χ0v) is 13.3. The third-order valence-electron chi connectivity index (χ3n) is 1.84. The summed E-state index contributed by atoms with van der Waals surface area (Å²) in [7, 11) is 0.195. The Bertz CT molecular complexity index is 73.1. The average Bonchev–Trinajstić information content (AvgIpc) is 2.10. The van der Waals surface area contributed by atoms with Gasteiger partial charge < -0.3 is 8.23 Å². The molecule has 0 atom stereocenters. The summed E-state index contributed by atoms with van der Waals surface area (Å²) in [5.41, 5.74) is 0. The Morgan fingerprint density at radius 2 is 1.92 bits per heavy atom. The van der Waals surface area contributed by atoms with Crippen LogP contribution in [-0.4, -0.2) is 30.3 Å². The van der Waals surface area contributed by atoms with Gasteiger partial charge in [0.2, 0.25) is 0 Å². The summed E-state index contributed by atoms with van der Waals surface area (Å²) in [5.74, 6) is 0. The fourth-order valence-corrected chi connectivity index (χ4v) is 5.14. The molecule has 0 unspecified atom stereocenters. The van der Waals surface area contributed by atoms with Crippen LogP contribution < -0.4 is 0 Å². The lowest BCUT2D eigenvalue weighted by atomic mass is 10.2. The van der Waals surface area contributed by atoms with Gasteiger partial charge in [-0.3, -0.25) is 0 Å². The van der Waals surface area contributed by atoms with E-state index in [1.165, 1.54) is 38.1 Å². The molecular formula is C7H22O2Si3. The van der Waals surface area contributed by atoms with Gasteiger partial charge in [-0.05, 0) is 6.04 Å². The van der Waals surface area contributed by atoms with Gasteiger partial charge >= 0.3 is 0 Å². The van der Waals surface area contributed by atoms with Crippen LogP contribution in [0.5, 0.6) is 0 Å². The van der Waals surface area contributed by atoms with Crippen LogP contribution in [0.25, 0.3) is 0 Å². The van der Waals surface area contributed by atoms with Crippen molar-refractivity contribution in [1.82, 2.24) is 0 Å². The highest BCUT2D eigenvalue weighted by molar-refractivity contribution is 6.41. The molecule has 0 aliphatic carbocycles. The molecule has 12 heavy (non-hydrogen) atoms. The molecule has 2 nitrogen and oxygen atoms in total. The maximum absolute atomic E-state index is 5.48. The van der Waals surface area contributed by atoms with Gasteiger partial charge in [0.25, 0.3) is 10.0 Å². The first-order valence-corrected chi connectivity index (χ1v) is 8.53. The molecule has 0 saturated heterocycles. The molecule has 0 aliphatic rings. The number of hydrogen-bond donors (Lipinski definition) is 0. The van der Waals surface area contributed by atoms with Crippen LogP contribution in [-0.2, 0) is 8.23 Å². The van der Waals surface area contributed by atoms with Crippen LogP contribution in [0.2, 0.25) is 6.04 Å². The largest absolute Gasteiger partial charge is 0.449 e. The lowest BCUT2D eigenvalue weighted by molar-refractivity contribution is 0.499. The van der Waals surface area contributed by atoms with E-state index in [0.29, 0.717) is 0 Å². The molecule has 0 aromatic carbocycles. The molecule has 0 bridgehead atoms. The molecule has 0 rings (SSSR count). The molecule has 0 aromatic rings. The number of rotatable bonds is 9. The second kappa shape index (κ2) is 11.6. The van der Waals surface area contributed by atoms with E-state index in [1.54, 1.807) is 0 Å². The maximum Gasteiger partial charge on any atom is 0.282 e. The second-order valence-corrected chi connectivity index (χ2v) is 8.38. The van der Waals surface area contributed by atoms with Crippen molar-refractivity contribution in [3.63, 3.8) is 0 Å². The van der Waals surface area contributed by atoms with Gasteiger partial charge in [0.1, 0.15) is 20.2 Å². The first-order chi connectivity index (χ1) is 5.91. The fourth-order valence-electron chi connectivity index (χ4n) is 1.13. The van der Waals surface area contributed by atoms with Gasteiger partial charge in [0.05, 0.1) is 0 Å². The minimum Gasteiger partial charge on any atom is -0.449 e. The van der Waals surface area contributed by atoms with E-state index in [0.717, 1.165) is 10.5 Å². The molecule has 0 N–H and O–H groups in total. The van der Waals surface area contributed by atoms with Crippen LogP contribution in [0, 0.1) is 0 Å². The fraction of sp³-hybridized carbons (Fsp3) is 1.00. The van der Waals surface area contributed by atoms with E-state index in [-0.39, 0.29) is 9.76 Å². The van der Waals surface area contributed by atoms with E-state index < -0.39 is 10.0 Å². The van der Waals surface area contributed by atoms with Crippen LogP contribution in [0.1, 0.15) is 39.0 Å². The van der Waals surface area contributed by atoms with Crippen LogP contribution >= 0.6 is 0 Å². The lowest BCUT2D eigenvalue weighted by Crippen LogP contribution is -2.06. The third kappa shape index (κ3) is 10.6. The third-order valence-corrected chi connectivity index (χ3v) is 5.40. The van der Waals surface area contributed by atoms with Crippen LogP contribution in [0.4, 0.5) is 0 Å². The van der Waals surface area contributed by atoms with Crippen molar-refractivity contribution in [3.05, 3.63) is 0 Å². The molecule has 0 spiro atoms. The molecule has 0 amide bonds. The van der Waals surface area contributed by atoms with Gasteiger partial charge in [-0.1, -0.05) is 39.0 Å². The zero-order valence-electron chi connectivity index (χ0n) is 8.47. The number of unbranched alkanes of at least 4 members (excludes halogenated alkanes) is 4. The van der Waals surface area contributed by atoms with Crippen LogP contribution in [0.15, 0.2) is 0 Å². The topological polar surface area (TPSA) is 18.5 Å². The highest BCUT2D eigenvalue weighted by atomic mass is 28.3. The highest BCUT2D eigenvalue weighted by Crippen LogP contribution is 2.04. The van der Waals surface area contributed by atoms with Gasteiger partial charge in [-0.15, -0.1) is 0 Å². The summed E-state index contributed by atoms with van der Waals surface area (Å²) in [6.45, 7) is 2.26. The Labute approximate surface area is 84.0 Å². The van der Waals surface area contributed by atoms with E-state index in [4.69, 9.17) is 8.23 Å². The van der Waals surface area contributed by atoms with E-state index >= 15 is 0 Å². The van der Waals surface area contributed by atoms with Gasteiger partial charge in [-0.2, -0.15) is 0 Å². The molecule has 0 aromatic heterocycles. The smallest absolute Gasteiger partial charge is 0.282 e. The predicted molar refractivity (Wildman–Crippen MR) is 62.8 cm³/mol. The molecular weight excluding hydrogens is 200 g/mol. The van der Waals surface area contributed by atoms with Crippen molar-refractivity contribution in [3.8, 4) is 0 Å². The Morgan fingerprint density at radius 3 is 2.58 bits per heavy atom. The van der Waals surface area contributed by atoms with E-state index in [1.807, 2.05) is 0 Å². The summed E-state index contributed by atoms with van der Waals surface area (Å²) < 4.78 is 10.6. The average molecular weight is 223 g/mol. The summed E-state index contributed by atoms with van der Waals surface area (Å²) >= 11 is 0.